The third-order valence-corrected chi connectivity index (χ3v) is 4.65. The summed E-state index contributed by atoms with van der Waals surface area (Å²) in [7, 11) is 0. The Kier molecular flexibility index (Phi) is 5.45. The molecule has 0 unspecified atom stereocenters. The maximum absolute atomic E-state index is 12.8. The first-order valence-corrected chi connectivity index (χ1v) is 9.15. The van der Waals surface area contributed by atoms with E-state index < -0.39 is 17.9 Å². The number of carbonyl (C=O) groups is 3. The molecular weight excluding hydrogens is 372 g/mol. The Morgan fingerprint density at radius 3 is 2.31 bits per heavy atom. The molecule has 0 amide bonds. The number of aromatic amines is 1. The van der Waals surface area contributed by atoms with Gasteiger partial charge in [0.1, 0.15) is 0 Å². The summed E-state index contributed by atoms with van der Waals surface area (Å²) in [5, 5.41) is 8.43. The minimum absolute atomic E-state index is 0.0392. The molecule has 8 nitrogen and oxygen atoms in total. The molecule has 0 aliphatic heterocycles. The lowest BCUT2D eigenvalue weighted by Crippen LogP contribution is -2.26. The molecule has 3 aromatic rings. The highest BCUT2D eigenvalue weighted by molar-refractivity contribution is 6.05. The number of ketones is 2. The average molecular weight is 394 g/mol. The van der Waals surface area contributed by atoms with Crippen LogP contribution in [0.25, 0.3) is 5.69 Å². The number of Topliss-reactive ketones (excluding diaryl/α,β-unsaturated/α-hetero) is 2. The molecule has 2 heterocycles. The summed E-state index contributed by atoms with van der Waals surface area (Å²) in [6.45, 7) is 7.99. The van der Waals surface area contributed by atoms with Crippen LogP contribution in [0.3, 0.4) is 0 Å². The molecule has 0 radical (unpaired) electrons. The van der Waals surface area contributed by atoms with Gasteiger partial charge in [-0.05, 0) is 52.3 Å². The monoisotopic (exact) mass is 394 g/mol. The molecule has 0 saturated heterocycles. The number of para-hydroxylation sites is 1. The number of ether oxygens (including phenoxy) is 1. The number of benzene rings is 1. The number of esters is 1. The number of rotatable bonds is 6. The average Bonchev–Trinajstić information content (AvgIpc) is 3.21. The molecule has 0 saturated carbocycles. The Bertz CT molecular complexity index is 1100. The summed E-state index contributed by atoms with van der Waals surface area (Å²) in [6.07, 6.45) is -1.06. The number of hydrogen-bond acceptors (Lipinski definition) is 6. The van der Waals surface area contributed by atoms with Gasteiger partial charge in [0.05, 0.1) is 17.1 Å². The molecular formula is C21H22N4O4. The predicted octanol–water partition coefficient (Wildman–Crippen LogP) is 3.15. The zero-order valence-electron chi connectivity index (χ0n) is 16.9. The molecule has 1 atom stereocenters. The van der Waals surface area contributed by atoms with E-state index in [9.17, 15) is 14.4 Å². The quantitative estimate of drug-likeness (QED) is 0.508. The molecule has 8 heteroatoms. The lowest BCUT2D eigenvalue weighted by atomic mass is 10.0. The molecule has 29 heavy (non-hydrogen) atoms. The van der Waals surface area contributed by atoms with Crippen LogP contribution >= 0.6 is 0 Å². The summed E-state index contributed by atoms with van der Waals surface area (Å²) < 4.78 is 5.34. The van der Waals surface area contributed by atoms with Gasteiger partial charge in [-0.15, -0.1) is 5.10 Å². The Morgan fingerprint density at radius 1 is 1.07 bits per heavy atom. The van der Waals surface area contributed by atoms with Crippen molar-refractivity contribution in [2.24, 2.45) is 0 Å². The van der Waals surface area contributed by atoms with Crippen molar-refractivity contribution < 1.29 is 19.1 Å². The van der Waals surface area contributed by atoms with Gasteiger partial charge in [-0.3, -0.25) is 9.59 Å². The normalized spacial score (nSPS) is 11.9. The van der Waals surface area contributed by atoms with Crippen molar-refractivity contribution in [1.82, 2.24) is 20.0 Å². The van der Waals surface area contributed by atoms with Crippen molar-refractivity contribution in [2.75, 3.05) is 0 Å². The maximum atomic E-state index is 12.8. The summed E-state index contributed by atoms with van der Waals surface area (Å²) >= 11 is 0. The standard InChI is InChI=1S/C21H22N4O4/c1-11-17(14(4)26)12(2)22-18(11)20(27)15(5)29-21(28)19-13(3)23-25(24-19)16-9-7-6-8-10-16/h6-10,15,22H,1-5H3/t15-/m1/s1. The molecule has 2 aromatic heterocycles. The van der Waals surface area contributed by atoms with Crippen LogP contribution in [0.5, 0.6) is 0 Å². The van der Waals surface area contributed by atoms with Crippen LogP contribution in [0, 0.1) is 20.8 Å². The van der Waals surface area contributed by atoms with Crippen molar-refractivity contribution in [3.63, 3.8) is 0 Å². The number of aryl methyl sites for hydroxylation is 2. The first-order valence-electron chi connectivity index (χ1n) is 9.15. The largest absolute Gasteiger partial charge is 0.449 e. The summed E-state index contributed by atoms with van der Waals surface area (Å²) in [4.78, 5) is 41.4. The molecule has 1 N–H and O–H groups in total. The van der Waals surface area contributed by atoms with Crippen LogP contribution in [-0.2, 0) is 4.74 Å². The lowest BCUT2D eigenvalue weighted by Gasteiger charge is -2.11. The number of H-pyrrole nitrogens is 1. The highest BCUT2D eigenvalue weighted by Gasteiger charge is 2.28. The second kappa shape index (κ2) is 7.83. The Labute approximate surface area is 167 Å². The van der Waals surface area contributed by atoms with Gasteiger partial charge in [0, 0.05) is 11.3 Å². The van der Waals surface area contributed by atoms with Crippen molar-refractivity contribution >= 4 is 17.5 Å². The third-order valence-electron chi connectivity index (χ3n) is 4.65. The second-order valence-electron chi connectivity index (χ2n) is 6.85. The van der Waals surface area contributed by atoms with Crippen molar-refractivity contribution in [3.05, 3.63) is 64.2 Å². The summed E-state index contributed by atoms with van der Waals surface area (Å²) in [5.74, 6) is -1.29. The highest BCUT2D eigenvalue weighted by Crippen LogP contribution is 2.21. The van der Waals surface area contributed by atoms with Crippen molar-refractivity contribution in [3.8, 4) is 5.69 Å². The fraction of sp³-hybridized carbons (Fsp3) is 0.286. The topological polar surface area (TPSA) is 107 Å². The Hall–Kier alpha value is -3.55. The van der Waals surface area contributed by atoms with E-state index in [4.69, 9.17) is 4.74 Å². The molecule has 0 aliphatic carbocycles. The van der Waals surface area contributed by atoms with Crippen LogP contribution in [0.2, 0.25) is 0 Å². The fourth-order valence-electron chi connectivity index (χ4n) is 3.24. The van der Waals surface area contributed by atoms with E-state index in [-0.39, 0.29) is 17.2 Å². The first kappa shape index (κ1) is 20.2. The minimum Gasteiger partial charge on any atom is -0.449 e. The Balaban J connectivity index is 1.79. The summed E-state index contributed by atoms with van der Waals surface area (Å²) in [5.41, 5.74) is 3.04. The molecule has 0 bridgehead atoms. The highest BCUT2D eigenvalue weighted by atomic mass is 16.5. The van der Waals surface area contributed by atoms with Gasteiger partial charge < -0.3 is 9.72 Å². The van der Waals surface area contributed by atoms with Crippen molar-refractivity contribution in [2.45, 2.75) is 40.7 Å². The number of aromatic nitrogens is 4. The molecule has 0 spiro atoms. The first-order chi connectivity index (χ1) is 13.7. The number of nitrogens with zero attached hydrogens (tertiary/aromatic N) is 3. The molecule has 1 aromatic carbocycles. The SMILES string of the molecule is CC(=O)c1c(C)[nH]c(C(=O)[C@@H](C)OC(=O)c2nn(-c3ccccc3)nc2C)c1C. The van der Waals surface area contributed by atoms with Crippen LogP contribution < -0.4 is 0 Å². The van der Waals surface area contributed by atoms with Gasteiger partial charge in [-0.1, -0.05) is 18.2 Å². The summed E-state index contributed by atoms with van der Waals surface area (Å²) in [6, 6.07) is 9.16. The number of carbonyl (C=O) groups excluding carboxylic acids is 3. The van der Waals surface area contributed by atoms with Gasteiger partial charge in [-0.2, -0.15) is 9.90 Å². The van der Waals surface area contributed by atoms with Crippen LogP contribution in [0.1, 0.15) is 62.1 Å². The van der Waals surface area contributed by atoms with E-state index in [1.165, 1.54) is 18.6 Å². The van der Waals surface area contributed by atoms with Crippen molar-refractivity contribution in [1.29, 1.82) is 0 Å². The van der Waals surface area contributed by atoms with Gasteiger partial charge >= 0.3 is 5.97 Å². The van der Waals surface area contributed by atoms with E-state index in [1.807, 2.05) is 30.3 Å². The lowest BCUT2D eigenvalue weighted by molar-refractivity contribution is 0.0310. The van der Waals surface area contributed by atoms with Crippen LogP contribution in [0.15, 0.2) is 30.3 Å². The number of nitrogens with one attached hydrogen (secondary N) is 1. The predicted molar refractivity (Wildman–Crippen MR) is 106 cm³/mol. The molecule has 0 fully saturated rings. The molecule has 150 valence electrons. The van der Waals surface area contributed by atoms with E-state index in [0.717, 1.165) is 0 Å². The van der Waals surface area contributed by atoms with Gasteiger partial charge in [0.25, 0.3) is 0 Å². The van der Waals surface area contributed by atoms with E-state index in [1.54, 1.807) is 20.8 Å². The molecule has 3 rings (SSSR count). The third kappa shape index (κ3) is 3.87. The minimum atomic E-state index is -1.06. The van der Waals surface area contributed by atoms with Gasteiger partial charge in [-0.25, -0.2) is 4.79 Å². The van der Waals surface area contributed by atoms with E-state index in [2.05, 4.69) is 15.2 Å². The maximum Gasteiger partial charge on any atom is 0.361 e. The second-order valence-corrected chi connectivity index (χ2v) is 6.85. The van der Waals surface area contributed by atoms with Gasteiger partial charge in [0.15, 0.2) is 17.6 Å². The fourth-order valence-corrected chi connectivity index (χ4v) is 3.24. The zero-order valence-corrected chi connectivity index (χ0v) is 16.9. The zero-order chi connectivity index (χ0) is 21.3. The van der Waals surface area contributed by atoms with Gasteiger partial charge in [0.2, 0.25) is 5.78 Å². The molecule has 0 aliphatic rings. The number of hydrogen-bond donors (Lipinski definition) is 1. The van der Waals surface area contributed by atoms with Crippen LogP contribution in [-0.4, -0.2) is 43.6 Å². The van der Waals surface area contributed by atoms with E-state index in [0.29, 0.717) is 28.2 Å². The Morgan fingerprint density at radius 2 is 1.72 bits per heavy atom. The smallest absolute Gasteiger partial charge is 0.361 e. The van der Waals surface area contributed by atoms with E-state index >= 15 is 0 Å². The van der Waals surface area contributed by atoms with Crippen LogP contribution in [0.4, 0.5) is 0 Å².